The smallest absolute Gasteiger partial charge is 0.315 e. The molecule has 1 amide bonds. The zero-order chi connectivity index (χ0) is 14.0. The van der Waals surface area contributed by atoms with Crippen LogP contribution in [0.5, 0.6) is 0 Å². The van der Waals surface area contributed by atoms with Gasteiger partial charge in [0.25, 0.3) is 0 Å². The molecular formula is C14H17BrNO3+. The molecule has 1 aromatic rings. The van der Waals surface area contributed by atoms with E-state index in [0.717, 1.165) is 10.2 Å². The molecule has 0 unspecified atom stereocenters. The van der Waals surface area contributed by atoms with Crippen molar-refractivity contribution in [3.05, 3.63) is 28.7 Å². The maximum absolute atomic E-state index is 12.2. The lowest BCUT2D eigenvalue weighted by molar-refractivity contribution is -0.145. The van der Waals surface area contributed by atoms with Crippen molar-refractivity contribution in [1.29, 1.82) is 0 Å². The summed E-state index contributed by atoms with van der Waals surface area (Å²) in [4.78, 5) is 23.2. The number of carboxylic acid groups (broad SMARTS) is 1. The third-order valence-electron chi connectivity index (χ3n) is 3.98. The number of hydrogen-bond acceptors (Lipinski definition) is 2. The molecule has 0 saturated carbocycles. The molecule has 0 radical (unpaired) electrons. The highest BCUT2D eigenvalue weighted by Gasteiger charge is 2.43. The Morgan fingerprint density at radius 3 is 2.32 bits per heavy atom. The van der Waals surface area contributed by atoms with Crippen LogP contribution in [0.3, 0.4) is 0 Å². The Balaban J connectivity index is 2.35. The summed E-state index contributed by atoms with van der Waals surface area (Å²) in [6.45, 7) is 2.68. The number of carboxylic acids is 1. The lowest BCUT2D eigenvalue weighted by Crippen LogP contribution is -2.58. The SMILES string of the molecule is CC(=O)[N+]1(c2ccccc2Br)CCC(C(=O)O)CC1. The normalized spacial score (nSPS) is 26.9. The Hall–Kier alpha value is -1.20. The molecule has 0 aromatic heterocycles. The molecule has 0 spiro atoms. The number of carbonyl (C=O) groups excluding carboxylic acids is 1. The van der Waals surface area contributed by atoms with Crippen LogP contribution in [-0.4, -0.2) is 30.1 Å². The fourth-order valence-corrected chi connectivity index (χ4v) is 3.40. The number of rotatable bonds is 2. The Bertz CT molecular complexity index is 507. The van der Waals surface area contributed by atoms with E-state index in [1.54, 1.807) is 6.92 Å². The monoisotopic (exact) mass is 326 g/mol. The number of benzene rings is 1. The molecule has 0 atom stereocenters. The number of halogens is 1. The quantitative estimate of drug-likeness (QED) is 0.850. The van der Waals surface area contributed by atoms with Gasteiger partial charge in [-0.3, -0.25) is 4.79 Å². The van der Waals surface area contributed by atoms with Crippen LogP contribution in [0.25, 0.3) is 0 Å². The first-order chi connectivity index (χ1) is 8.97. The van der Waals surface area contributed by atoms with Crippen LogP contribution in [-0.2, 0) is 9.59 Å². The van der Waals surface area contributed by atoms with Crippen LogP contribution in [0.15, 0.2) is 28.7 Å². The van der Waals surface area contributed by atoms with Gasteiger partial charge in [0.2, 0.25) is 0 Å². The maximum atomic E-state index is 12.2. The molecule has 0 bridgehead atoms. The zero-order valence-electron chi connectivity index (χ0n) is 10.8. The molecule has 1 aliphatic heterocycles. The van der Waals surface area contributed by atoms with Gasteiger partial charge in [-0.2, -0.15) is 0 Å². The minimum atomic E-state index is -0.756. The predicted molar refractivity (Wildman–Crippen MR) is 76.7 cm³/mol. The van der Waals surface area contributed by atoms with E-state index in [2.05, 4.69) is 15.9 Å². The molecule has 1 N–H and O–H groups in total. The summed E-state index contributed by atoms with van der Waals surface area (Å²) in [5, 5.41) is 9.07. The van der Waals surface area contributed by atoms with Crippen LogP contribution in [0.4, 0.5) is 5.69 Å². The molecule has 0 aliphatic carbocycles. The molecule has 1 aliphatic rings. The first-order valence-electron chi connectivity index (χ1n) is 6.33. The first kappa shape index (κ1) is 14.2. The van der Waals surface area contributed by atoms with Crippen molar-refractivity contribution < 1.29 is 14.7 Å². The Kier molecular flexibility index (Phi) is 4.06. The van der Waals surface area contributed by atoms with E-state index in [9.17, 15) is 9.59 Å². The van der Waals surface area contributed by atoms with E-state index in [0.29, 0.717) is 25.9 Å². The maximum Gasteiger partial charge on any atom is 0.315 e. The summed E-state index contributed by atoms with van der Waals surface area (Å²) in [5.41, 5.74) is 0.929. The average molecular weight is 327 g/mol. The third kappa shape index (κ3) is 2.58. The second-order valence-electron chi connectivity index (χ2n) is 5.00. The number of likely N-dealkylation sites (tertiary alicyclic amines) is 1. The summed E-state index contributed by atoms with van der Waals surface area (Å²) < 4.78 is 1.14. The van der Waals surface area contributed by atoms with Gasteiger partial charge in [-0.15, -0.1) is 0 Å². The van der Waals surface area contributed by atoms with E-state index in [-0.39, 0.29) is 16.3 Å². The molecule has 1 saturated heterocycles. The fraction of sp³-hybridized carbons (Fsp3) is 0.429. The summed E-state index contributed by atoms with van der Waals surface area (Å²) in [6, 6.07) is 7.68. The molecule has 19 heavy (non-hydrogen) atoms. The van der Waals surface area contributed by atoms with Crippen LogP contribution in [0, 0.1) is 5.92 Å². The van der Waals surface area contributed by atoms with Crippen LogP contribution < -0.4 is 4.48 Å². The number of hydrogen-bond donors (Lipinski definition) is 1. The Labute approximate surface area is 120 Å². The number of para-hydroxylation sites is 1. The van der Waals surface area contributed by atoms with Gasteiger partial charge in [-0.05, 0) is 22.0 Å². The predicted octanol–water partition coefficient (Wildman–Crippen LogP) is 2.80. The zero-order valence-corrected chi connectivity index (χ0v) is 12.4. The molecular weight excluding hydrogens is 310 g/mol. The lowest BCUT2D eigenvalue weighted by atomic mass is 9.94. The van der Waals surface area contributed by atoms with Crippen LogP contribution in [0.2, 0.25) is 0 Å². The highest BCUT2D eigenvalue weighted by molar-refractivity contribution is 9.10. The summed E-state index contributed by atoms with van der Waals surface area (Å²) in [7, 11) is 0. The largest absolute Gasteiger partial charge is 0.481 e. The summed E-state index contributed by atoms with van der Waals surface area (Å²) in [6.07, 6.45) is 1.08. The number of nitrogens with zero attached hydrogens (tertiary/aromatic N) is 1. The second kappa shape index (κ2) is 5.43. The van der Waals surface area contributed by atoms with E-state index in [1.165, 1.54) is 0 Å². The van der Waals surface area contributed by atoms with Gasteiger partial charge in [-0.1, -0.05) is 12.1 Å². The van der Waals surface area contributed by atoms with Gasteiger partial charge >= 0.3 is 11.9 Å². The molecule has 1 heterocycles. The van der Waals surface area contributed by atoms with Crippen LogP contribution >= 0.6 is 15.9 Å². The number of aliphatic carboxylic acids is 1. The Morgan fingerprint density at radius 1 is 1.26 bits per heavy atom. The first-order valence-corrected chi connectivity index (χ1v) is 7.13. The fourth-order valence-electron chi connectivity index (χ4n) is 2.78. The number of piperidine rings is 1. The second-order valence-corrected chi connectivity index (χ2v) is 5.85. The van der Waals surface area contributed by atoms with E-state index in [1.807, 2.05) is 24.3 Å². The van der Waals surface area contributed by atoms with Gasteiger partial charge in [0.05, 0.1) is 30.4 Å². The Morgan fingerprint density at radius 2 is 1.84 bits per heavy atom. The minimum Gasteiger partial charge on any atom is -0.481 e. The van der Waals surface area contributed by atoms with E-state index < -0.39 is 5.97 Å². The van der Waals surface area contributed by atoms with Crippen molar-refractivity contribution in [1.82, 2.24) is 4.48 Å². The van der Waals surface area contributed by atoms with Gasteiger partial charge in [-0.25, -0.2) is 9.28 Å². The van der Waals surface area contributed by atoms with Crippen molar-refractivity contribution in [2.45, 2.75) is 19.8 Å². The van der Waals surface area contributed by atoms with Crippen molar-refractivity contribution >= 4 is 33.5 Å². The molecule has 4 nitrogen and oxygen atoms in total. The molecule has 5 heteroatoms. The van der Waals surface area contributed by atoms with Crippen molar-refractivity contribution in [2.75, 3.05) is 13.1 Å². The highest BCUT2D eigenvalue weighted by Crippen LogP contribution is 2.36. The van der Waals surface area contributed by atoms with Gasteiger partial charge < -0.3 is 5.11 Å². The van der Waals surface area contributed by atoms with Gasteiger partial charge in [0, 0.05) is 18.9 Å². The molecule has 1 aromatic carbocycles. The van der Waals surface area contributed by atoms with Crippen LogP contribution in [0.1, 0.15) is 19.8 Å². The standard InChI is InChI=1S/C14H16BrNO3/c1-10(17)16(13-5-3-2-4-12(13)15)8-6-11(7-9-16)14(18)19/h2-5,11H,6-9H2,1H3/p+1. The summed E-state index contributed by atoms with van der Waals surface area (Å²) in [5.74, 6) is -1.02. The minimum absolute atomic E-state index is 0.0655. The van der Waals surface area contributed by atoms with Gasteiger partial charge in [0.1, 0.15) is 0 Å². The number of carbonyl (C=O) groups is 2. The van der Waals surface area contributed by atoms with Crippen molar-refractivity contribution in [3.63, 3.8) is 0 Å². The van der Waals surface area contributed by atoms with E-state index >= 15 is 0 Å². The topological polar surface area (TPSA) is 54.4 Å². The third-order valence-corrected chi connectivity index (χ3v) is 4.65. The number of amides is 1. The summed E-state index contributed by atoms with van der Waals surface area (Å²) >= 11 is 3.50. The molecule has 2 rings (SSSR count). The lowest BCUT2D eigenvalue weighted by Gasteiger charge is -2.39. The number of quaternary nitrogens is 1. The highest BCUT2D eigenvalue weighted by atomic mass is 79.9. The molecule has 1 fully saturated rings. The van der Waals surface area contributed by atoms with E-state index in [4.69, 9.17) is 5.11 Å². The van der Waals surface area contributed by atoms with Gasteiger partial charge in [0.15, 0.2) is 5.69 Å². The molecule has 102 valence electrons. The van der Waals surface area contributed by atoms with Crippen molar-refractivity contribution in [2.24, 2.45) is 5.92 Å². The average Bonchev–Trinajstić information content (AvgIpc) is 2.39. The van der Waals surface area contributed by atoms with Crippen molar-refractivity contribution in [3.8, 4) is 0 Å².